The summed E-state index contributed by atoms with van der Waals surface area (Å²) in [6.07, 6.45) is 0. The van der Waals surface area contributed by atoms with Crippen molar-refractivity contribution in [3.63, 3.8) is 0 Å². The minimum atomic E-state index is -0.133. The molecule has 0 radical (unpaired) electrons. The number of carbonyl (C=O) groups is 1. The Hall–Kier alpha value is -2.82. The number of fused-ring (bicyclic) bond motifs is 1. The fourth-order valence-electron chi connectivity index (χ4n) is 2.72. The van der Waals surface area contributed by atoms with Crippen LogP contribution < -0.4 is 5.32 Å². The van der Waals surface area contributed by atoms with Crippen molar-refractivity contribution < 1.29 is 14.3 Å². The first kappa shape index (κ1) is 18.0. The van der Waals surface area contributed by atoms with E-state index in [4.69, 9.17) is 4.42 Å². The van der Waals surface area contributed by atoms with Gasteiger partial charge in [-0.1, -0.05) is 33.8 Å². The topological polar surface area (TPSA) is 75.4 Å². The molecule has 0 aliphatic heterocycles. The van der Waals surface area contributed by atoms with Crippen LogP contribution in [0.3, 0.4) is 0 Å². The number of oxazole rings is 1. The van der Waals surface area contributed by atoms with Gasteiger partial charge in [0, 0.05) is 11.6 Å². The molecule has 0 atom stereocenters. The summed E-state index contributed by atoms with van der Waals surface area (Å²) in [6.45, 7) is 9.69. The summed E-state index contributed by atoms with van der Waals surface area (Å²) in [6, 6.07) is 9.35. The molecule has 0 saturated heterocycles. The minimum Gasteiger partial charge on any atom is -0.507 e. The van der Waals surface area contributed by atoms with E-state index in [1.807, 2.05) is 32.0 Å². The lowest BCUT2D eigenvalue weighted by Gasteiger charge is -2.11. The number of rotatable bonds is 4. The number of aromatic hydroxyl groups is 1. The van der Waals surface area contributed by atoms with Crippen LogP contribution in [0.4, 0.5) is 5.69 Å². The van der Waals surface area contributed by atoms with Gasteiger partial charge >= 0.3 is 0 Å². The van der Waals surface area contributed by atoms with E-state index in [-0.39, 0.29) is 17.6 Å². The summed E-state index contributed by atoms with van der Waals surface area (Å²) in [7, 11) is 0. The van der Waals surface area contributed by atoms with Crippen molar-refractivity contribution >= 4 is 22.7 Å². The van der Waals surface area contributed by atoms with Gasteiger partial charge in [-0.15, -0.1) is 0 Å². The number of nitrogens with zero attached hydrogens (tertiary/aromatic N) is 1. The van der Waals surface area contributed by atoms with E-state index in [0.717, 1.165) is 5.52 Å². The molecule has 2 aromatic carbocycles. The van der Waals surface area contributed by atoms with Crippen molar-refractivity contribution in [2.24, 2.45) is 5.92 Å². The van der Waals surface area contributed by atoms with Crippen molar-refractivity contribution in [3.8, 4) is 17.2 Å². The van der Waals surface area contributed by atoms with Gasteiger partial charge in [0.05, 0.1) is 5.56 Å². The lowest BCUT2D eigenvalue weighted by Crippen LogP contribution is -2.17. The van der Waals surface area contributed by atoms with E-state index in [2.05, 4.69) is 24.1 Å². The molecule has 0 fully saturated rings. The molecule has 0 spiro atoms. The second-order valence-corrected chi connectivity index (χ2v) is 7.23. The average molecular weight is 352 g/mol. The number of carbonyl (C=O) groups excluding carboxylic acids is 1. The first-order valence-corrected chi connectivity index (χ1v) is 8.81. The van der Waals surface area contributed by atoms with Crippen LogP contribution in [0.1, 0.15) is 44.7 Å². The van der Waals surface area contributed by atoms with Crippen molar-refractivity contribution in [3.05, 3.63) is 41.5 Å². The summed E-state index contributed by atoms with van der Waals surface area (Å²) in [5.74, 6) is 0.613. The number of nitrogens with one attached hydrogen (secondary N) is 1. The number of hydrogen-bond acceptors (Lipinski definition) is 4. The van der Waals surface area contributed by atoms with Gasteiger partial charge in [-0.05, 0) is 48.2 Å². The van der Waals surface area contributed by atoms with Crippen LogP contribution in [0.5, 0.6) is 5.75 Å². The molecule has 1 heterocycles. The Morgan fingerprint density at radius 3 is 2.54 bits per heavy atom. The molecule has 26 heavy (non-hydrogen) atoms. The van der Waals surface area contributed by atoms with Gasteiger partial charge in [0.25, 0.3) is 0 Å². The lowest BCUT2D eigenvalue weighted by atomic mass is 10.0. The molecule has 5 heteroatoms. The van der Waals surface area contributed by atoms with Crippen LogP contribution in [0.25, 0.3) is 22.6 Å². The molecular formula is C21H24N2O3. The first-order chi connectivity index (χ1) is 12.3. The maximum Gasteiger partial charge on any atom is 0.231 e. The van der Waals surface area contributed by atoms with Gasteiger partial charge in [0.15, 0.2) is 5.58 Å². The Bertz CT molecular complexity index is 971. The molecule has 3 aromatic rings. The molecule has 0 aliphatic rings. The number of phenolic OH excluding ortho intramolecular Hbond substituents is 1. The predicted molar refractivity (Wildman–Crippen MR) is 103 cm³/mol. The quantitative estimate of drug-likeness (QED) is 0.631. The molecule has 0 aliphatic carbocycles. The van der Waals surface area contributed by atoms with Gasteiger partial charge in [-0.25, -0.2) is 4.98 Å². The highest BCUT2D eigenvalue weighted by molar-refractivity contribution is 5.93. The first-order valence-electron chi connectivity index (χ1n) is 8.81. The zero-order valence-corrected chi connectivity index (χ0v) is 15.8. The predicted octanol–water partition coefficient (Wildman–Crippen LogP) is 5.23. The normalized spacial score (nSPS) is 11.5. The van der Waals surface area contributed by atoms with Crippen molar-refractivity contribution in [1.29, 1.82) is 0 Å². The Balaban J connectivity index is 2.06. The standard InChI is InChI=1S/C21H24N2O3/c1-11(2)14-6-7-18-17(9-14)23-21(26-18)16-10-15(8-13(5)19(16)24)22-20(25)12(3)4/h6-12,24H,1-5H3,(H,22,25). The third-order valence-corrected chi connectivity index (χ3v) is 4.40. The zero-order chi connectivity index (χ0) is 19.0. The molecule has 5 nitrogen and oxygen atoms in total. The Labute approximate surface area is 153 Å². The number of anilines is 1. The molecule has 1 amide bonds. The monoisotopic (exact) mass is 352 g/mol. The third-order valence-electron chi connectivity index (χ3n) is 4.40. The van der Waals surface area contributed by atoms with Crippen molar-refractivity contribution in [1.82, 2.24) is 4.98 Å². The molecule has 0 saturated carbocycles. The number of phenols is 1. The van der Waals surface area contributed by atoms with Crippen LogP contribution in [-0.2, 0) is 4.79 Å². The number of hydrogen-bond donors (Lipinski definition) is 2. The smallest absolute Gasteiger partial charge is 0.231 e. The van der Waals surface area contributed by atoms with Crippen molar-refractivity contribution in [2.75, 3.05) is 5.32 Å². The summed E-state index contributed by atoms with van der Waals surface area (Å²) >= 11 is 0. The maximum absolute atomic E-state index is 12.0. The highest BCUT2D eigenvalue weighted by atomic mass is 16.3. The van der Waals surface area contributed by atoms with Crippen LogP contribution >= 0.6 is 0 Å². The summed E-state index contributed by atoms with van der Waals surface area (Å²) in [4.78, 5) is 16.5. The summed E-state index contributed by atoms with van der Waals surface area (Å²) < 4.78 is 5.85. The number of aromatic nitrogens is 1. The molecule has 2 N–H and O–H groups in total. The number of amides is 1. The Morgan fingerprint density at radius 1 is 1.15 bits per heavy atom. The van der Waals surface area contributed by atoms with E-state index in [1.54, 1.807) is 19.1 Å². The number of aryl methyl sites for hydroxylation is 1. The van der Waals surface area contributed by atoms with E-state index in [0.29, 0.717) is 34.2 Å². The largest absolute Gasteiger partial charge is 0.507 e. The summed E-state index contributed by atoms with van der Waals surface area (Å²) in [5, 5.41) is 13.3. The second kappa shape index (κ2) is 6.83. The second-order valence-electron chi connectivity index (χ2n) is 7.23. The minimum absolute atomic E-state index is 0.0832. The average Bonchev–Trinajstić information content (AvgIpc) is 3.00. The van der Waals surface area contributed by atoms with Gasteiger partial charge in [-0.2, -0.15) is 0 Å². The highest BCUT2D eigenvalue weighted by Gasteiger charge is 2.17. The van der Waals surface area contributed by atoms with E-state index < -0.39 is 0 Å². The number of benzene rings is 2. The van der Waals surface area contributed by atoms with E-state index >= 15 is 0 Å². The molecule has 0 unspecified atom stereocenters. The fourth-order valence-corrected chi connectivity index (χ4v) is 2.72. The SMILES string of the molecule is Cc1cc(NC(=O)C(C)C)cc(-c2nc3cc(C(C)C)ccc3o2)c1O. The molecular weight excluding hydrogens is 328 g/mol. The van der Waals surface area contributed by atoms with Crippen LogP contribution in [-0.4, -0.2) is 16.0 Å². The van der Waals surface area contributed by atoms with E-state index in [1.165, 1.54) is 5.56 Å². The van der Waals surface area contributed by atoms with Gasteiger partial charge in [-0.3, -0.25) is 4.79 Å². The summed E-state index contributed by atoms with van der Waals surface area (Å²) in [5.41, 5.74) is 4.31. The molecule has 136 valence electrons. The fraction of sp³-hybridized carbons (Fsp3) is 0.333. The Kier molecular flexibility index (Phi) is 4.72. The van der Waals surface area contributed by atoms with Crippen LogP contribution in [0, 0.1) is 12.8 Å². The van der Waals surface area contributed by atoms with Crippen molar-refractivity contribution in [2.45, 2.75) is 40.5 Å². The Morgan fingerprint density at radius 2 is 1.88 bits per heavy atom. The lowest BCUT2D eigenvalue weighted by molar-refractivity contribution is -0.118. The van der Waals surface area contributed by atoms with Crippen LogP contribution in [0.15, 0.2) is 34.7 Å². The molecule has 0 bridgehead atoms. The van der Waals surface area contributed by atoms with Gasteiger partial charge in [0.1, 0.15) is 11.3 Å². The molecule has 1 aromatic heterocycles. The zero-order valence-electron chi connectivity index (χ0n) is 15.8. The maximum atomic E-state index is 12.0. The van der Waals surface area contributed by atoms with Gasteiger partial charge < -0.3 is 14.8 Å². The van der Waals surface area contributed by atoms with Gasteiger partial charge in [0.2, 0.25) is 11.8 Å². The molecule has 3 rings (SSSR count). The third kappa shape index (κ3) is 3.43. The van der Waals surface area contributed by atoms with Crippen LogP contribution in [0.2, 0.25) is 0 Å². The van der Waals surface area contributed by atoms with E-state index in [9.17, 15) is 9.90 Å². The highest BCUT2D eigenvalue weighted by Crippen LogP contribution is 2.36.